The average Bonchev–Trinajstić information content (AvgIpc) is 2.41. The van der Waals surface area contributed by atoms with Crippen LogP contribution in [-0.2, 0) is 12.8 Å². The van der Waals surface area contributed by atoms with Gasteiger partial charge in [0.15, 0.2) is 0 Å². The Kier molecular flexibility index (Phi) is 5.94. The molecule has 84 valence electrons. The van der Waals surface area contributed by atoms with E-state index in [-0.39, 0.29) is 0 Å². The van der Waals surface area contributed by atoms with Crippen LogP contribution >= 0.6 is 0 Å². The first-order chi connectivity index (χ1) is 7.86. The highest BCUT2D eigenvalue weighted by Crippen LogP contribution is 1.96. The highest BCUT2D eigenvalue weighted by Gasteiger charge is 1.81. The third-order valence-electron chi connectivity index (χ3n) is 2.34. The van der Waals surface area contributed by atoms with E-state index >= 15 is 0 Å². The number of rotatable bonds is 2. The molecule has 0 spiro atoms. The lowest BCUT2D eigenvalue weighted by atomic mass is 10.2. The van der Waals surface area contributed by atoms with Gasteiger partial charge in [0.2, 0.25) is 0 Å². The van der Waals surface area contributed by atoms with Crippen molar-refractivity contribution in [1.82, 2.24) is 4.98 Å². The number of hydrogen-bond acceptors (Lipinski definition) is 1. The Bertz CT molecular complexity index is 328. The van der Waals surface area contributed by atoms with Gasteiger partial charge >= 0.3 is 0 Å². The molecule has 1 aromatic carbocycles. The van der Waals surface area contributed by atoms with Crippen molar-refractivity contribution in [3.63, 3.8) is 0 Å². The Morgan fingerprint density at radius 3 is 1.88 bits per heavy atom. The standard InChI is InChI=1S/C8H10.C7H9N/c1-2-8-6-4-3-5-7-8;1-2-7-5-3-4-6-8-7/h3-7H,2H2,1H3;3-6H,2H2,1H3. The topological polar surface area (TPSA) is 12.9 Å². The molecule has 2 rings (SSSR count). The van der Waals surface area contributed by atoms with Gasteiger partial charge in [-0.1, -0.05) is 50.2 Å². The maximum atomic E-state index is 4.10. The number of hydrogen-bond donors (Lipinski definition) is 0. The van der Waals surface area contributed by atoms with E-state index in [0.29, 0.717) is 0 Å². The van der Waals surface area contributed by atoms with Crippen LogP contribution < -0.4 is 0 Å². The number of benzene rings is 1. The van der Waals surface area contributed by atoms with Crippen molar-refractivity contribution in [2.24, 2.45) is 0 Å². The van der Waals surface area contributed by atoms with E-state index in [1.54, 1.807) is 0 Å². The van der Waals surface area contributed by atoms with Gasteiger partial charge in [0.05, 0.1) is 0 Å². The van der Waals surface area contributed by atoms with Gasteiger partial charge in [-0.3, -0.25) is 4.98 Å². The molecule has 0 aliphatic rings. The summed E-state index contributed by atoms with van der Waals surface area (Å²) in [4.78, 5) is 4.10. The zero-order chi connectivity index (χ0) is 11.6. The monoisotopic (exact) mass is 213 g/mol. The Morgan fingerprint density at radius 1 is 0.812 bits per heavy atom. The number of nitrogens with zero attached hydrogens (tertiary/aromatic N) is 1. The lowest BCUT2D eigenvalue weighted by Crippen LogP contribution is -1.81. The molecule has 0 radical (unpaired) electrons. The fourth-order valence-electron chi connectivity index (χ4n) is 1.32. The Hall–Kier alpha value is -1.63. The first-order valence-corrected chi connectivity index (χ1v) is 5.80. The minimum Gasteiger partial charge on any atom is -0.261 e. The number of aryl methyl sites for hydroxylation is 2. The summed E-state index contributed by atoms with van der Waals surface area (Å²) < 4.78 is 0. The first kappa shape index (κ1) is 12.4. The molecule has 0 amide bonds. The van der Waals surface area contributed by atoms with Crippen molar-refractivity contribution in [3.8, 4) is 0 Å². The molecule has 0 unspecified atom stereocenters. The predicted molar refractivity (Wildman–Crippen MR) is 69.4 cm³/mol. The fourth-order valence-corrected chi connectivity index (χ4v) is 1.32. The summed E-state index contributed by atoms with van der Waals surface area (Å²) in [6, 6.07) is 16.4. The van der Waals surface area contributed by atoms with Gasteiger partial charge in [-0.25, -0.2) is 0 Å². The second-order valence-corrected chi connectivity index (χ2v) is 3.51. The third-order valence-corrected chi connectivity index (χ3v) is 2.34. The van der Waals surface area contributed by atoms with Gasteiger partial charge in [-0.15, -0.1) is 0 Å². The maximum absolute atomic E-state index is 4.10. The first-order valence-electron chi connectivity index (χ1n) is 5.80. The quantitative estimate of drug-likeness (QED) is 0.737. The molecule has 2 aromatic rings. The van der Waals surface area contributed by atoms with Gasteiger partial charge in [0, 0.05) is 11.9 Å². The van der Waals surface area contributed by atoms with E-state index < -0.39 is 0 Å². The third kappa shape index (κ3) is 4.74. The molecule has 0 aliphatic carbocycles. The molecule has 1 heterocycles. The maximum Gasteiger partial charge on any atom is 0.0400 e. The van der Waals surface area contributed by atoms with Crippen molar-refractivity contribution >= 4 is 0 Å². The Morgan fingerprint density at radius 2 is 1.50 bits per heavy atom. The zero-order valence-electron chi connectivity index (χ0n) is 10.1. The summed E-state index contributed by atoms with van der Waals surface area (Å²) in [5.41, 5.74) is 2.57. The largest absolute Gasteiger partial charge is 0.261 e. The molecule has 0 saturated heterocycles. The molecule has 0 fully saturated rings. The molecule has 1 heteroatoms. The van der Waals surface area contributed by atoms with Crippen molar-refractivity contribution < 1.29 is 0 Å². The summed E-state index contributed by atoms with van der Waals surface area (Å²) in [5.74, 6) is 0. The summed E-state index contributed by atoms with van der Waals surface area (Å²) in [5, 5.41) is 0. The van der Waals surface area contributed by atoms with E-state index in [1.807, 2.05) is 30.5 Å². The van der Waals surface area contributed by atoms with E-state index in [4.69, 9.17) is 0 Å². The summed E-state index contributed by atoms with van der Waals surface area (Å²) in [6.45, 7) is 4.26. The molecule has 0 bridgehead atoms. The average molecular weight is 213 g/mol. The highest BCUT2D eigenvalue weighted by atomic mass is 14.6. The lowest BCUT2D eigenvalue weighted by Gasteiger charge is -1.89. The van der Waals surface area contributed by atoms with Crippen LogP contribution in [0.15, 0.2) is 54.7 Å². The van der Waals surface area contributed by atoms with Crippen molar-refractivity contribution in [2.45, 2.75) is 26.7 Å². The highest BCUT2D eigenvalue weighted by molar-refractivity contribution is 5.13. The molecule has 0 aliphatic heterocycles. The van der Waals surface area contributed by atoms with E-state index in [9.17, 15) is 0 Å². The second-order valence-electron chi connectivity index (χ2n) is 3.51. The molecule has 1 nitrogen and oxygen atoms in total. The smallest absolute Gasteiger partial charge is 0.0400 e. The minimum atomic E-state index is 1.03. The van der Waals surface area contributed by atoms with E-state index in [2.05, 4.69) is 43.1 Å². The van der Waals surface area contributed by atoms with E-state index in [0.717, 1.165) is 18.5 Å². The molecular weight excluding hydrogens is 194 g/mol. The van der Waals surface area contributed by atoms with Crippen molar-refractivity contribution in [3.05, 3.63) is 66.0 Å². The predicted octanol–water partition coefficient (Wildman–Crippen LogP) is 3.89. The lowest BCUT2D eigenvalue weighted by molar-refractivity contribution is 1.04. The van der Waals surface area contributed by atoms with Crippen LogP contribution in [0.1, 0.15) is 25.1 Å². The van der Waals surface area contributed by atoms with Crippen LogP contribution in [0.2, 0.25) is 0 Å². The molecule has 0 N–H and O–H groups in total. The molecular formula is C15H19N. The summed E-state index contributed by atoms with van der Waals surface area (Å²) in [6.07, 6.45) is 3.99. The van der Waals surface area contributed by atoms with Crippen LogP contribution in [-0.4, -0.2) is 4.98 Å². The minimum absolute atomic E-state index is 1.03. The molecule has 16 heavy (non-hydrogen) atoms. The second kappa shape index (κ2) is 7.63. The summed E-state index contributed by atoms with van der Waals surface area (Å²) in [7, 11) is 0. The molecule has 1 aromatic heterocycles. The number of aromatic nitrogens is 1. The SMILES string of the molecule is CCc1ccccc1.CCc1ccccn1. The van der Waals surface area contributed by atoms with Crippen LogP contribution in [0.3, 0.4) is 0 Å². The van der Waals surface area contributed by atoms with Gasteiger partial charge in [-0.05, 0) is 30.5 Å². The summed E-state index contributed by atoms with van der Waals surface area (Å²) >= 11 is 0. The van der Waals surface area contributed by atoms with Gasteiger partial charge < -0.3 is 0 Å². The molecule has 0 saturated carbocycles. The number of pyridine rings is 1. The Labute approximate surface area is 98.2 Å². The van der Waals surface area contributed by atoms with E-state index in [1.165, 1.54) is 5.56 Å². The fraction of sp³-hybridized carbons (Fsp3) is 0.267. The van der Waals surface area contributed by atoms with Crippen LogP contribution in [0.5, 0.6) is 0 Å². The van der Waals surface area contributed by atoms with Gasteiger partial charge in [0.25, 0.3) is 0 Å². The van der Waals surface area contributed by atoms with Crippen molar-refractivity contribution in [1.29, 1.82) is 0 Å². The van der Waals surface area contributed by atoms with Crippen molar-refractivity contribution in [2.75, 3.05) is 0 Å². The zero-order valence-corrected chi connectivity index (χ0v) is 10.1. The van der Waals surface area contributed by atoms with Crippen LogP contribution in [0.4, 0.5) is 0 Å². The van der Waals surface area contributed by atoms with Gasteiger partial charge in [-0.2, -0.15) is 0 Å². The van der Waals surface area contributed by atoms with Gasteiger partial charge in [0.1, 0.15) is 0 Å². The Balaban J connectivity index is 0.000000160. The van der Waals surface area contributed by atoms with Crippen LogP contribution in [0.25, 0.3) is 0 Å². The van der Waals surface area contributed by atoms with Crippen LogP contribution in [0, 0.1) is 0 Å². The normalized spacial score (nSPS) is 9.12. The molecule has 0 atom stereocenters.